The van der Waals surface area contributed by atoms with Crippen molar-refractivity contribution in [1.29, 1.82) is 0 Å². The first kappa shape index (κ1) is 29.5. The third kappa shape index (κ3) is 5.44. The summed E-state index contributed by atoms with van der Waals surface area (Å²) in [6, 6.07) is 9.97. The number of benzene rings is 2. The van der Waals surface area contributed by atoms with Crippen molar-refractivity contribution in [2.45, 2.75) is 63.6 Å². The number of ether oxygens (including phenoxy) is 2. The third-order valence-corrected chi connectivity index (χ3v) is 10.1. The SMILES string of the molecule is C#Cc1c(F)ccc2cccc(-c3nc(C)c4c(NCCNC5CC5)nc(OCC5(CN6C7CCC6COC7)CC5)nc4c3F)c12. The van der Waals surface area contributed by atoms with Gasteiger partial charge in [0.25, 0.3) is 0 Å². The summed E-state index contributed by atoms with van der Waals surface area (Å²) in [5, 5.41) is 8.53. The Bertz CT molecular complexity index is 1850. The Morgan fingerprint density at radius 1 is 1.02 bits per heavy atom. The van der Waals surface area contributed by atoms with Crippen LogP contribution in [0.5, 0.6) is 6.01 Å². The lowest BCUT2D eigenvalue weighted by atomic mass is 9.96. The third-order valence-electron chi connectivity index (χ3n) is 10.1. The number of aromatic nitrogens is 3. The van der Waals surface area contributed by atoms with Crippen LogP contribution < -0.4 is 15.4 Å². The molecule has 4 aliphatic rings. The van der Waals surface area contributed by atoms with Crippen molar-refractivity contribution in [2.75, 3.05) is 44.8 Å². The Hall–Kier alpha value is -3.91. The molecular formula is C36H38F2N6O2. The van der Waals surface area contributed by atoms with Gasteiger partial charge in [0, 0.05) is 54.1 Å². The molecule has 2 atom stereocenters. The number of nitrogens with one attached hydrogen (secondary N) is 2. The van der Waals surface area contributed by atoms with Gasteiger partial charge < -0.3 is 20.1 Å². The molecule has 2 aliphatic heterocycles. The van der Waals surface area contributed by atoms with Crippen molar-refractivity contribution in [1.82, 2.24) is 25.2 Å². The van der Waals surface area contributed by atoms with Crippen molar-refractivity contribution >= 4 is 27.5 Å². The lowest BCUT2D eigenvalue weighted by molar-refractivity contribution is -0.0271. The molecule has 4 fully saturated rings. The minimum Gasteiger partial charge on any atom is -0.463 e. The van der Waals surface area contributed by atoms with Gasteiger partial charge in [-0.25, -0.2) is 13.8 Å². The van der Waals surface area contributed by atoms with Crippen molar-refractivity contribution in [3.8, 4) is 29.6 Å². The molecule has 2 aromatic heterocycles. The van der Waals surface area contributed by atoms with Gasteiger partial charge in [-0.1, -0.05) is 30.2 Å². The van der Waals surface area contributed by atoms with Gasteiger partial charge >= 0.3 is 6.01 Å². The largest absolute Gasteiger partial charge is 0.463 e. The van der Waals surface area contributed by atoms with Crippen molar-refractivity contribution in [3.05, 3.63) is 53.2 Å². The first-order valence-electron chi connectivity index (χ1n) is 16.4. The highest BCUT2D eigenvalue weighted by Gasteiger charge is 2.49. The number of aryl methyl sites for hydroxylation is 1. The maximum Gasteiger partial charge on any atom is 0.319 e. The molecule has 2 saturated heterocycles. The molecule has 46 heavy (non-hydrogen) atoms. The molecule has 4 heterocycles. The average molecular weight is 625 g/mol. The number of morpholine rings is 1. The number of pyridine rings is 1. The molecule has 238 valence electrons. The number of rotatable bonds is 11. The van der Waals surface area contributed by atoms with Crippen molar-refractivity contribution in [2.24, 2.45) is 5.41 Å². The van der Waals surface area contributed by atoms with Crippen LogP contribution in [-0.4, -0.2) is 77.4 Å². The van der Waals surface area contributed by atoms with Crippen molar-refractivity contribution in [3.63, 3.8) is 0 Å². The first-order valence-corrected chi connectivity index (χ1v) is 16.4. The van der Waals surface area contributed by atoms with E-state index >= 15 is 4.39 Å². The number of nitrogens with zero attached hydrogens (tertiary/aromatic N) is 4. The second-order valence-corrected chi connectivity index (χ2v) is 13.4. The van der Waals surface area contributed by atoms with E-state index in [0.717, 1.165) is 39.1 Å². The van der Waals surface area contributed by atoms with Crippen molar-refractivity contribution < 1.29 is 18.3 Å². The van der Waals surface area contributed by atoms with Crippen LogP contribution in [-0.2, 0) is 4.74 Å². The highest BCUT2D eigenvalue weighted by atomic mass is 19.1. The van der Waals surface area contributed by atoms with Crippen LogP contribution in [0.2, 0.25) is 0 Å². The Morgan fingerprint density at radius 2 is 1.83 bits per heavy atom. The van der Waals surface area contributed by atoms with E-state index in [1.807, 2.05) is 13.0 Å². The molecule has 2 aromatic carbocycles. The monoisotopic (exact) mass is 624 g/mol. The van der Waals surface area contributed by atoms with E-state index in [0.29, 0.717) is 64.5 Å². The van der Waals surface area contributed by atoms with Gasteiger partial charge in [0.05, 0.1) is 36.5 Å². The summed E-state index contributed by atoms with van der Waals surface area (Å²) >= 11 is 0. The first-order chi connectivity index (χ1) is 22.4. The zero-order valence-corrected chi connectivity index (χ0v) is 26.0. The topological polar surface area (TPSA) is 84.4 Å². The normalized spacial score (nSPS) is 21.9. The molecule has 2 N–H and O–H groups in total. The minimum atomic E-state index is -0.627. The van der Waals surface area contributed by atoms with Gasteiger partial charge in [0.2, 0.25) is 0 Å². The zero-order valence-electron chi connectivity index (χ0n) is 26.0. The van der Waals surface area contributed by atoms with Gasteiger partial charge in [-0.15, -0.1) is 6.42 Å². The van der Waals surface area contributed by atoms with Crippen LogP contribution >= 0.6 is 0 Å². The minimum absolute atomic E-state index is 0.0365. The maximum atomic E-state index is 16.7. The van der Waals surface area contributed by atoms with Crippen LogP contribution in [0, 0.1) is 36.3 Å². The van der Waals surface area contributed by atoms with Crippen LogP contribution in [0.4, 0.5) is 14.6 Å². The number of terminal acetylenes is 1. The molecule has 0 amide bonds. The lowest BCUT2D eigenvalue weighted by Gasteiger charge is -2.37. The standard InChI is InChI=1S/C36H38F2N6O2/c1-3-26-28(37)12-7-22-5-4-6-27(30(22)26)32-31(38)33-29(21(2)41-32)34(40-16-15-39-23-8-9-23)43-35(42-33)46-20-36(13-14-36)19-44-24-10-11-25(44)18-45-17-24/h1,4-7,12,23-25,39H,8-11,13-20H2,2H3,(H,40,42,43). The molecule has 2 aliphatic carbocycles. The summed E-state index contributed by atoms with van der Waals surface area (Å²) in [6.07, 6.45) is 12.6. The summed E-state index contributed by atoms with van der Waals surface area (Å²) in [5.41, 5.74) is 1.24. The molecule has 4 aromatic rings. The van der Waals surface area contributed by atoms with Gasteiger partial charge in [-0.05, 0) is 56.9 Å². The van der Waals surface area contributed by atoms with Crippen LogP contribution in [0.25, 0.3) is 32.9 Å². The number of hydrogen-bond acceptors (Lipinski definition) is 8. The molecule has 8 rings (SSSR count). The van der Waals surface area contributed by atoms with E-state index in [9.17, 15) is 4.39 Å². The Labute approximate surface area is 267 Å². The quantitative estimate of drug-likeness (QED) is 0.165. The summed E-state index contributed by atoms with van der Waals surface area (Å²) in [6.45, 7) is 6.19. The van der Waals surface area contributed by atoms with E-state index in [1.54, 1.807) is 18.2 Å². The summed E-state index contributed by atoms with van der Waals surface area (Å²) in [4.78, 5) is 16.7. The number of fused-ring (bicyclic) bond motifs is 4. The maximum absolute atomic E-state index is 16.7. The number of hydrogen-bond donors (Lipinski definition) is 2. The molecule has 10 heteroatoms. The molecule has 2 unspecified atom stereocenters. The number of anilines is 1. The molecule has 0 spiro atoms. The van der Waals surface area contributed by atoms with Crippen LogP contribution in [0.3, 0.4) is 0 Å². The molecule has 2 bridgehead atoms. The predicted octanol–water partition coefficient (Wildman–Crippen LogP) is 5.60. The smallest absolute Gasteiger partial charge is 0.319 e. The summed E-state index contributed by atoms with van der Waals surface area (Å²) in [7, 11) is 0. The molecule has 0 radical (unpaired) electrons. The van der Waals surface area contributed by atoms with Gasteiger partial charge in [0.15, 0.2) is 5.82 Å². The molecule has 2 saturated carbocycles. The highest BCUT2D eigenvalue weighted by molar-refractivity contribution is 6.02. The Kier molecular flexibility index (Phi) is 7.51. The zero-order chi connectivity index (χ0) is 31.4. The Balaban J connectivity index is 1.16. The number of halogens is 2. The average Bonchev–Trinajstić information content (AvgIpc) is 3.99. The molecular weight excluding hydrogens is 586 g/mol. The van der Waals surface area contributed by atoms with E-state index in [1.165, 1.54) is 31.7 Å². The Morgan fingerprint density at radius 3 is 2.57 bits per heavy atom. The highest BCUT2D eigenvalue weighted by Crippen LogP contribution is 2.48. The second-order valence-electron chi connectivity index (χ2n) is 13.4. The van der Waals surface area contributed by atoms with E-state index < -0.39 is 11.6 Å². The molecule has 8 nitrogen and oxygen atoms in total. The predicted molar refractivity (Wildman–Crippen MR) is 174 cm³/mol. The summed E-state index contributed by atoms with van der Waals surface area (Å²) in [5.74, 6) is 1.78. The van der Waals surface area contributed by atoms with Gasteiger partial charge in [-0.2, -0.15) is 9.97 Å². The fourth-order valence-corrected chi connectivity index (χ4v) is 7.24. The fraction of sp³-hybridized carbons (Fsp3) is 0.472. The van der Waals surface area contributed by atoms with E-state index in [2.05, 4.69) is 26.4 Å². The lowest BCUT2D eigenvalue weighted by Crippen LogP contribution is -2.49. The van der Waals surface area contributed by atoms with Crippen LogP contribution in [0.15, 0.2) is 30.3 Å². The van der Waals surface area contributed by atoms with Gasteiger partial charge in [-0.3, -0.25) is 4.90 Å². The van der Waals surface area contributed by atoms with Crippen LogP contribution in [0.1, 0.15) is 49.8 Å². The second kappa shape index (κ2) is 11.7. The fourth-order valence-electron chi connectivity index (χ4n) is 7.24. The summed E-state index contributed by atoms with van der Waals surface area (Å²) < 4.78 is 43.7. The van der Waals surface area contributed by atoms with Gasteiger partial charge in [0.1, 0.15) is 22.8 Å². The van der Waals surface area contributed by atoms with E-state index in [4.69, 9.17) is 25.9 Å². The van der Waals surface area contributed by atoms with E-state index in [-0.39, 0.29) is 28.2 Å².